The Morgan fingerprint density at radius 2 is 2.00 bits per heavy atom. The highest BCUT2D eigenvalue weighted by Gasteiger charge is 2.09. The third-order valence-corrected chi connectivity index (χ3v) is 4.47. The second-order valence-corrected chi connectivity index (χ2v) is 6.72. The van der Waals surface area contributed by atoms with Gasteiger partial charge in [-0.2, -0.15) is 0 Å². The highest BCUT2D eigenvalue weighted by Crippen LogP contribution is 2.23. The first kappa shape index (κ1) is 20.7. The molecule has 1 aromatic heterocycles. The third-order valence-electron chi connectivity index (χ3n) is 4.47. The van der Waals surface area contributed by atoms with Gasteiger partial charge in [0.15, 0.2) is 11.8 Å². The van der Waals surface area contributed by atoms with Crippen LogP contribution in [0.5, 0.6) is 5.75 Å². The summed E-state index contributed by atoms with van der Waals surface area (Å²) in [5, 5.41) is 14.9. The molecule has 0 fully saturated rings. The second kappa shape index (κ2) is 9.94. The van der Waals surface area contributed by atoms with Crippen molar-refractivity contribution in [2.24, 2.45) is 12.0 Å². The van der Waals surface area contributed by atoms with Crippen LogP contribution in [0.25, 0.3) is 0 Å². The Morgan fingerprint density at radius 3 is 2.63 bits per heavy atom. The van der Waals surface area contributed by atoms with Crippen molar-refractivity contribution in [2.75, 3.05) is 6.54 Å². The molecule has 2 aromatic rings. The maximum atomic E-state index is 6.08. The first-order chi connectivity index (χ1) is 12.9. The van der Waals surface area contributed by atoms with Crippen LogP contribution >= 0.6 is 0 Å². The third kappa shape index (κ3) is 5.98. The molecule has 2 rings (SSSR count). The molecule has 0 aliphatic heterocycles. The van der Waals surface area contributed by atoms with E-state index in [0.717, 1.165) is 41.9 Å². The van der Waals surface area contributed by atoms with Gasteiger partial charge in [-0.05, 0) is 45.7 Å². The molecule has 1 unspecified atom stereocenters. The summed E-state index contributed by atoms with van der Waals surface area (Å²) in [7, 11) is 1.96. The van der Waals surface area contributed by atoms with E-state index in [0.29, 0.717) is 13.1 Å². The number of aliphatic imine (C=N–C) groups is 1. The molecule has 0 saturated heterocycles. The molecule has 0 aliphatic rings. The summed E-state index contributed by atoms with van der Waals surface area (Å²) < 4.78 is 8.05. The lowest BCUT2D eigenvalue weighted by atomic mass is 10.1. The Balaban J connectivity index is 2.10. The molecular weight excluding hydrogens is 340 g/mol. The van der Waals surface area contributed by atoms with E-state index in [1.807, 2.05) is 25.5 Å². The zero-order valence-corrected chi connectivity index (χ0v) is 17.3. The molecule has 7 heteroatoms. The molecule has 0 spiro atoms. The van der Waals surface area contributed by atoms with Crippen molar-refractivity contribution in [3.8, 4) is 5.75 Å². The molecule has 0 aliphatic carbocycles. The molecule has 1 heterocycles. The number of aromatic nitrogens is 3. The number of hydrogen-bond donors (Lipinski definition) is 2. The Morgan fingerprint density at radius 1 is 1.22 bits per heavy atom. The average molecular weight is 373 g/mol. The number of hydrogen-bond acceptors (Lipinski definition) is 4. The zero-order chi connectivity index (χ0) is 19.8. The Kier molecular flexibility index (Phi) is 7.64. The molecule has 7 nitrogen and oxygen atoms in total. The van der Waals surface area contributed by atoms with Crippen LogP contribution in [0.4, 0.5) is 0 Å². The average Bonchev–Trinajstić information content (AvgIpc) is 2.97. The SMILES string of the molecule is CCNC(=NCc1ccc(C)cc1OC(C)CC)NCc1nnc(C)n1C. The summed E-state index contributed by atoms with van der Waals surface area (Å²) in [6, 6.07) is 6.27. The molecule has 0 radical (unpaired) electrons. The van der Waals surface area contributed by atoms with Gasteiger partial charge in [-0.1, -0.05) is 19.1 Å². The maximum Gasteiger partial charge on any atom is 0.191 e. The van der Waals surface area contributed by atoms with Gasteiger partial charge in [0.05, 0.1) is 19.2 Å². The minimum atomic E-state index is 0.181. The molecule has 0 bridgehead atoms. The topological polar surface area (TPSA) is 76.4 Å². The minimum absolute atomic E-state index is 0.181. The van der Waals surface area contributed by atoms with E-state index in [4.69, 9.17) is 9.73 Å². The zero-order valence-electron chi connectivity index (χ0n) is 17.3. The molecule has 148 valence electrons. The Labute approximate surface area is 162 Å². The molecule has 0 amide bonds. The number of aryl methyl sites for hydroxylation is 2. The van der Waals surface area contributed by atoms with Crippen molar-refractivity contribution in [3.05, 3.63) is 41.0 Å². The van der Waals surface area contributed by atoms with Gasteiger partial charge in [-0.3, -0.25) is 0 Å². The quantitative estimate of drug-likeness (QED) is 0.550. The number of nitrogens with zero attached hydrogens (tertiary/aromatic N) is 4. The van der Waals surface area contributed by atoms with Gasteiger partial charge in [0.25, 0.3) is 0 Å². The Hall–Kier alpha value is -2.57. The number of guanidine groups is 1. The van der Waals surface area contributed by atoms with Crippen LogP contribution in [-0.2, 0) is 20.1 Å². The van der Waals surface area contributed by atoms with Crippen LogP contribution in [0.3, 0.4) is 0 Å². The second-order valence-electron chi connectivity index (χ2n) is 6.72. The fraction of sp³-hybridized carbons (Fsp3) is 0.550. The van der Waals surface area contributed by atoms with E-state index in [1.165, 1.54) is 5.56 Å². The van der Waals surface area contributed by atoms with Crippen molar-refractivity contribution in [1.29, 1.82) is 0 Å². The predicted octanol–water partition coefficient (Wildman–Crippen LogP) is 2.86. The minimum Gasteiger partial charge on any atom is -0.490 e. The smallest absolute Gasteiger partial charge is 0.191 e. The van der Waals surface area contributed by atoms with E-state index in [-0.39, 0.29) is 6.10 Å². The summed E-state index contributed by atoms with van der Waals surface area (Å²) >= 11 is 0. The summed E-state index contributed by atoms with van der Waals surface area (Å²) in [4.78, 5) is 4.72. The predicted molar refractivity (Wildman–Crippen MR) is 109 cm³/mol. The summed E-state index contributed by atoms with van der Waals surface area (Å²) in [6.07, 6.45) is 1.15. The van der Waals surface area contributed by atoms with Crippen molar-refractivity contribution in [3.63, 3.8) is 0 Å². The molecule has 2 N–H and O–H groups in total. The van der Waals surface area contributed by atoms with E-state index in [2.05, 4.69) is 59.8 Å². The number of ether oxygens (including phenoxy) is 1. The lowest BCUT2D eigenvalue weighted by Gasteiger charge is -2.17. The van der Waals surface area contributed by atoms with E-state index in [1.54, 1.807) is 0 Å². The van der Waals surface area contributed by atoms with Crippen molar-refractivity contribution in [1.82, 2.24) is 25.4 Å². The standard InChI is InChI=1S/C20H32N6O/c1-7-15(4)27-18-11-14(3)9-10-17(18)12-22-20(21-8-2)23-13-19-25-24-16(5)26(19)6/h9-11,15H,7-8,12-13H2,1-6H3,(H2,21,22,23). The highest BCUT2D eigenvalue weighted by molar-refractivity contribution is 5.79. The van der Waals surface area contributed by atoms with Crippen molar-refractivity contribution in [2.45, 2.75) is 60.2 Å². The normalized spacial score (nSPS) is 12.7. The van der Waals surface area contributed by atoms with Crippen LogP contribution < -0.4 is 15.4 Å². The number of rotatable bonds is 8. The molecule has 0 saturated carbocycles. The fourth-order valence-electron chi connectivity index (χ4n) is 2.48. The first-order valence-electron chi connectivity index (χ1n) is 9.57. The fourth-order valence-corrected chi connectivity index (χ4v) is 2.48. The summed E-state index contributed by atoms with van der Waals surface area (Å²) in [6.45, 7) is 12.2. The Bertz CT molecular complexity index is 768. The van der Waals surface area contributed by atoms with Crippen LogP contribution in [0.15, 0.2) is 23.2 Å². The maximum absolute atomic E-state index is 6.08. The lowest BCUT2D eigenvalue weighted by molar-refractivity contribution is 0.215. The van der Waals surface area contributed by atoms with Crippen LogP contribution in [0.1, 0.15) is 50.0 Å². The van der Waals surface area contributed by atoms with Crippen LogP contribution in [0, 0.1) is 13.8 Å². The van der Waals surface area contributed by atoms with Gasteiger partial charge >= 0.3 is 0 Å². The van der Waals surface area contributed by atoms with Crippen LogP contribution in [-0.4, -0.2) is 33.4 Å². The van der Waals surface area contributed by atoms with Gasteiger partial charge in [0, 0.05) is 19.2 Å². The highest BCUT2D eigenvalue weighted by atomic mass is 16.5. The van der Waals surface area contributed by atoms with E-state index in [9.17, 15) is 0 Å². The molecule has 1 atom stereocenters. The van der Waals surface area contributed by atoms with Gasteiger partial charge in [0.2, 0.25) is 0 Å². The largest absolute Gasteiger partial charge is 0.490 e. The van der Waals surface area contributed by atoms with Gasteiger partial charge in [-0.25, -0.2) is 4.99 Å². The number of nitrogens with one attached hydrogen (secondary N) is 2. The first-order valence-corrected chi connectivity index (χ1v) is 9.57. The summed E-state index contributed by atoms with van der Waals surface area (Å²) in [5.41, 5.74) is 2.26. The van der Waals surface area contributed by atoms with Gasteiger partial charge in [0.1, 0.15) is 11.6 Å². The molecule has 1 aromatic carbocycles. The molecule has 27 heavy (non-hydrogen) atoms. The van der Waals surface area contributed by atoms with Crippen LogP contribution in [0.2, 0.25) is 0 Å². The van der Waals surface area contributed by atoms with Gasteiger partial charge < -0.3 is 19.9 Å². The lowest BCUT2D eigenvalue weighted by Crippen LogP contribution is -2.37. The van der Waals surface area contributed by atoms with Gasteiger partial charge in [-0.15, -0.1) is 10.2 Å². The van der Waals surface area contributed by atoms with E-state index < -0.39 is 0 Å². The van der Waals surface area contributed by atoms with Crippen molar-refractivity contribution < 1.29 is 4.74 Å². The molecular formula is C20H32N6O. The monoisotopic (exact) mass is 372 g/mol. The van der Waals surface area contributed by atoms with E-state index >= 15 is 0 Å². The van der Waals surface area contributed by atoms with Crippen molar-refractivity contribution >= 4 is 5.96 Å². The summed E-state index contributed by atoms with van der Waals surface area (Å²) in [5.74, 6) is 3.41. The number of benzene rings is 1.